The third kappa shape index (κ3) is 3.66. The van der Waals surface area contributed by atoms with Gasteiger partial charge in [0.05, 0.1) is 11.4 Å². The number of nitrogens with zero attached hydrogens (tertiary/aromatic N) is 1. The van der Waals surface area contributed by atoms with Crippen LogP contribution in [0.15, 0.2) is 17.5 Å². The molecule has 2 nitrogen and oxygen atoms in total. The summed E-state index contributed by atoms with van der Waals surface area (Å²) in [6.07, 6.45) is 5.19. The van der Waals surface area contributed by atoms with Gasteiger partial charge in [0.25, 0.3) is 0 Å². The van der Waals surface area contributed by atoms with E-state index in [9.17, 15) is 4.79 Å². The molecular weight excluding hydrogens is 242 g/mol. The molecular formula is C15H23NOS. The monoisotopic (exact) mass is 265 g/mol. The number of ketones is 1. The van der Waals surface area contributed by atoms with Crippen molar-refractivity contribution in [3.05, 3.63) is 22.4 Å². The quantitative estimate of drug-likeness (QED) is 0.729. The van der Waals surface area contributed by atoms with Gasteiger partial charge in [0.15, 0.2) is 5.78 Å². The highest BCUT2D eigenvalue weighted by molar-refractivity contribution is 7.12. The van der Waals surface area contributed by atoms with Crippen LogP contribution in [0, 0.1) is 5.92 Å². The minimum absolute atomic E-state index is 0.289. The maximum atomic E-state index is 12.2. The minimum Gasteiger partial charge on any atom is -0.293 e. The molecule has 0 radical (unpaired) electrons. The third-order valence-corrected chi connectivity index (χ3v) is 4.49. The number of hydrogen-bond acceptors (Lipinski definition) is 3. The zero-order valence-electron chi connectivity index (χ0n) is 11.4. The Kier molecular flexibility index (Phi) is 4.95. The Morgan fingerprint density at radius 1 is 1.44 bits per heavy atom. The van der Waals surface area contributed by atoms with E-state index in [2.05, 4.69) is 18.7 Å². The lowest BCUT2D eigenvalue weighted by Gasteiger charge is -2.29. The largest absolute Gasteiger partial charge is 0.293 e. The van der Waals surface area contributed by atoms with Gasteiger partial charge in [-0.05, 0) is 30.2 Å². The molecule has 1 fully saturated rings. The molecule has 0 aromatic carbocycles. The topological polar surface area (TPSA) is 20.3 Å². The summed E-state index contributed by atoms with van der Waals surface area (Å²) in [7, 11) is 0. The molecule has 0 N–H and O–H groups in total. The summed E-state index contributed by atoms with van der Waals surface area (Å²) in [5.74, 6) is 0.916. The third-order valence-electron chi connectivity index (χ3n) is 3.58. The van der Waals surface area contributed by atoms with E-state index in [4.69, 9.17) is 0 Å². The second-order valence-corrected chi connectivity index (χ2v) is 6.61. The van der Waals surface area contributed by atoms with Crippen molar-refractivity contribution in [1.82, 2.24) is 4.90 Å². The highest BCUT2D eigenvalue weighted by Gasteiger charge is 2.25. The molecule has 0 bridgehead atoms. The number of carbonyl (C=O) groups excluding carboxylic acids is 1. The van der Waals surface area contributed by atoms with Gasteiger partial charge in [-0.3, -0.25) is 9.69 Å². The Bertz CT molecular complexity index is 366. The van der Waals surface area contributed by atoms with Crippen LogP contribution in [-0.2, 0) is 0 Å². The van der Waals surface area contributed by atoms with E-state index in [0.717, 1.165) is 11.4 Å². The van der Waals surface area contributed by atoms with Crippen molar-refractivity contribution in [2.75, 3.05) is 13.1 Å². The van der Waals surface area contributed by atoms with Gasteiger partial charge in [-0.1, -0.05) is 32.8 Å². The van der Waals surface area contributed by atoms with Crippen LogP contribution in [0.3, 0.4) is 0 Å². The van der Waals surface area contributed by atoms with Gasteiger partial charge in [0, 0.05) is 12.6 Å². The van der Waals surface area contributed by atoms with Gasteiger partial charge < -0.3 is 0 Å². The number of carbonyl (C=O) groups is 1. The maximum Gasteiger partial charge on any atom is 0.186 e. The number of thiophene rings is 1. The molecule has 1 aromatic heterocycles. The van der Waals surface area contributed by atoms with E-state index in [1.54, 1.807) is 11.3 Å². The number of hydrogen-bond donors (Lipinski definition) is 0. The summed E-state index contributed by atoms with van der Waals surface area (Å²) in [5, 5.41) is 1.98. The summed E-state index contributed by atoms with van der Waals surface area (Å²) in [6.45, 7) is 6.11. The Hall–Kier alpha value is -0.670. The van der Waals surface area contributed by atoms with E-state index < -0.39 is 0 Å². The zero-order valence-corrected chi connectivity index (χ0v) is 12.2. The molecule has 0 atom stereocenters. The fraction of sp³-hybridized carbons (Fsp3) is 0.667. The Morgan fingerprint density at radius 2 is 2.17 bits per heavy atom. The molecule has 1 heterocycles. The summed E-state index contributed by atoms with van der Waals surface area (Å²) < 4.78 is 0. The molecule has 3 heteroatoms. The minimum atomic E-state index is 0.289. The molecule has 0 aliphatic heterocycles. The van der Waals surface area contributed by atoms with Crippen LogP contribution >= 0.6 is 11.3 Å². The van der Waals surface area contributed by atoms with Crippen molar-refractivity contribution < 1.29 is 4.79 Å². The van der Waals surface area contributed by atoms with Crippen molar-refractivity contribution >= 4 is 17.1 Å². The molecule has 0 saturated heterocycles. The second-order valence-electron chi connectivity index (χ2n) is 5.66. The lowest BCUT2D eigenvalue weighted by molar-refractivity contribution is 0.0880. The Morgan fingerprint density at radius 3 is 2.72 bits per heavy atom. The van der Waals surface area contributed by atoms with Crippen LogP contribution in [0.25, 0.3) is 0 Å². The Balaban J connectivity index is 1.98. The van der Waals surface area contributed by atoms with Crippen molar-refractivity contribution in [3.63, 3.8) is 0 Å². The highest BCUT2D eigenvalue weighted by atomic mass is 32.1. The lowest BCUT2D eigenvalue weighted by atomic mass is 10.1. The standard InChI is InChI=1S/C15H23NOS/c1-12(2)10-16(13-6-3-4-7-13)11-14(17)15-8-5-9-18-15/h5,8-9,12-13H,3-4,6-7,10-11H2,1-2H3. The summed E-state index contributed by atoms with van der Waals surface area (Å²) >= 11 is 1.56. The normalized spacial score (nSPS) is 16.9. The van der Waals surface area contributed by atoms with Crippen LogP contribution < -0.4 is 0 Å². The predicted octanol–water partition coefficient (Wildman–Crippen LogP) is 3.83. The first-order chi connectivity index (χ1) is 8.66. The van der Waals surface area contributed by atoms with Gasteiger partial charge in [-0.15, -0.1) is 11.3 Å². The molecule has 0 amide bonds. The average molecular weight is 265 g/mol. The van der Waals surface area contributed by atoms with Crippen LogP contribution in [-0.4, -0.2) is 29.8 Å². The van der Waals surface area contributed by atoms with Crippen molar-refractivity contribution in [3.8, 4) is 0 Å². The molecule has 1 saturated carbocycles. The van der Waals surface area contributed by atoms with E-state index in [-0.39, 0.29) is 5.78 Å². The van der Waals surface area contributed by atoms with E-state index in [1.807, 2.05) is 17.5 Å². The van der Waals surface area contributed by atoms with Crippen LogP contribution in [0.5, 0.6) is 0 Å². The lowest BCUT2D eigenvalue weighted by Crippen LogP contribution is -2.39. The number of Topliss-reactive ketones (excluding diaryl/α,β-unsaturated/α-hetero) is 1. The first-order valence-electron chi connectivity index (χ1n) is 6.97. The van der Waals surface area contributed by atoms with Gasteiger partial charge in [0.2, 0.25) is 0 Å². The molecule has 1 aliphatic carbocycles. The van der Waals surface area contributed by atoms with E-state index >= 15 is 0 Å². The predicted molar refractivity (Wildman–Crippen MR) is 77.3 cm³/mol. The fourth-order valence-electron chi connectivity index (χ4n) is 2.78. The molecule has 2 rings (SSSR count). The summed E-state index contributed by atoms with van der Waals surface area (Å²) in [5.41, 5.74) is 0. The molecule has 1 aliphatic rings. The molecule has 0 unspecified atom stereocenters. The highest BCUT2D eigenvalue weighted by Crippen LogP contribution is 2.24. The molecule has 18 heavy (non-hydrogen) atoms. The van der Waals surface area contributed by atoms with Gasteiger partial charge in [-0.2, -0.15) is 0 Å². The van der Waals surface area contributed by atoms with E-state index in [0.29, 0.717) is 18.5 Å². The van der Waals surface area contributed by atoms with Crippen LogP contribution in [0.1, 0.15) is 49.2 Å². The van der Waals surface area contributed by atoms with E-state index in [1.165, 1.54) is 25.7 Å². The SMILES string of the molecule is CC(C)CN(CC(=O)c1cccs1)C1CCCC1. The summed E-state index contributed by atoms with van der Waals surface area (Å²) in [6, 6.07) is 4.53. The Labute approximate surface area is 114 Å². The second kappa shape index (κ2) is 6.48. The smallest absolute Gasteiger partial charge is 0.186 e. The van der Waals surface area contributed by atoms with Gasteiger partial charge in [0.1, 0.15) is 0 Å². The van der Waals surface area contributed by atoms with Gasteiger partial charge >= 0.3 is 0 Å². The first-order valence-corrected chi connectivity index (χ1v) is 7.85. The van der Waals surface area contributed by atoms with Crippen molar-refractivity contribution in [2.24, 2.45) is 5.92 Å². The van der Waals surface area contributed by atoms with Crippen molar-refractivity contribution in [2.45, 2.75) is 45.6 Å². The average Bonchev–Trinajstić information content (AvgIpc) is 3.01. The summed E-state index contributed by atoms with van der Waals surface area (Å²) in [4.78, 5) is 15.5. The fourth-order valence-corrected chi connectivity index (χ4v) is 3.44. The number of rotatable bonds is 6. The van der Waals surface area contributed by atoms with Crippen LogP contribution in [0.4, 0.5) is 0 Å². The molecule has 1 aromatic rings. The van der Waals surface area contributed by atoms with Crippen molar-refractivity contribution in [1.29, 1.82) is 0 Å². The molecule has 100 valence electrons. The first kappa shape index (κ1) is 13.8. The molecule has 0 spiro atoms. The maximum absolute atomic E-state index is 12.2. The zero-order chi connectivity index (χ0) is 13.0. The van der Waals surface area contributed by atoms with Gasteiger partial charge in [-0.25, -0.2) is 0 Å². The van der Waals surface area contributed by atoms with Crippen LogP contribution in [0.2, 0.25) is 0 Å².